The molecular weight excluding hydrogens is 218 g/mol. The second-order valence-corrected chi connectivity index (χ2v) is 5.45. The lowest BCUT2D eigenvalue weighted by atomic mass is 10.1. The highest BCUT2D eigenvalue weighted by Gasteiger charge is 2.37. The van der Waals surface area contributed by atoms with E-state index in [-0.39, 0.29) is 24.1 Å². The van der Waals surface area contributed by atoms with Gasteiger partial charge >= 0.3 is 0 Å². The Labute approximate surface area is 103 Å². The van der Waals surface area contributed by atoms with Gasteiger partial charge in [0.1, 0.15) is 0 Å². The summed E-state index contributed by atoms with van der Waals surface area (Å²) in [6, 6.07) is 0.139. The number of likely N-dealkylation sites (tertiary alicyclic amines) is 1. The molecule has 2 aliphatic rings. The predicted molar refractivity (Wildman–Crippen MR) is 65.7 cm³/mol. The molecule has 98 valence electrons. The van der Waals surface area contributed by atoms with Crippen LogP contribution in [0.4, 0.5) is 0 Å². The summed E-state index contributed by atoms with van der Waals surface area (Å²) >= 11 is 0. The smallest absolute Gasteiger partial charge is 0.240 e. The van der Waals surface area contributed by atoms with Gasteiger partial charge in [0.15, 0.2) is 0 Å². The molecule has 0 radical (unpaired) electrons. The summed E-state index contributed by atoms with van der Waals surface area (Å²) in [5.74, 6) is 0.172. The molecule has 0 aromatic rings. The SMILES string of the molecule is CN(C)CC1CC(O)CN1C(=O)[C@@H]1CCCN1. The number of hydrogen-bond acceptors (Lipinski definition) is 4. The summed E-state index contributed by atoms with van der Waals surface area (Å²) < 4.78 is 0. The highest BCUT2D eigenvalue weighted by Crippen LogP contribution is 2.21. The van der Waals surface area contributed by atoms with E-state index in [0.717, 1.165) is 25.9 Å². The van der Waals surface area contributed by atoms with E-state index in [1.165, 1.54) is 0 Å². The maximum Gasteiger partial charge on any atom is 0.240 e. The van der Waals surface area contributed by atoms with Crippen LogP contribution in [-0.4, -0.2) is 72.7 Å². The summed E-state index contributed by atoms with van der Waals surface area (Å²) in [7, 11) is 4.00. The van der Waals surface area contributed by atoms with Gasteiger partial charge in [0.05, 0.1) is 12.1 Å². The molecule has 3 atom stereocenters. The Morgan fingerprint density at radius 3 is 2.88 bits per heavy atom. The lowest BCUT2D eigenvalue weighted by molar-refractivity contribution is -0.134. The number of nitrogens with zero attached hydrogens (tertiary/aromatic N) is 2. The van der Waals surface area contributed by atoms with Crippen LogP contribution in [0, 0.1) is 0 Å². The average molecular weight is 241 g/mol. The van der Waals surface area contributed by atoms with Gasteiger partial charge in [0, 0.05) is 19.1 Å². The van der Waals surface area contributed by atoms with E-state index in [9.17, 15) is 9.90 Å². The normalized spacial score (nSPS) is 33.6. The fourth-order valence-electron chi connectivity index (χ4n) is 2.85. The first kappa shape index (κ1) is 12.8. The minimum atomic E-state index is -0.356. The maximum absolute atomic E-state index is 12.3. The van der Waals surface area contributed by atoms with Crippen LogP contribution in [0.1, 0.15) is 19.3 Å². The van der Waals surface area contributed by atoms with E-state index in [1.54, 1.807) is 0 Å². The Balaban J connectivity index is 1.98. The summed E-state index contributed by atoms with van der Waals surface area (Å²) in [6.45, 7) is 2.26. The Morgan fingerprint density at radius 2 is 2.29 bits per heavy atom. The zero-order valence-corrected chi connectivity index (χ0v) is 10.7. The van der Waals surface area contributed by atoms with Gasteiger partial charge in [-0.25, -0.2) is 0 Å². The third-order valence-corrected chi connectivity index (χ3v) is 3.61. The number of hydrogen-bond donors (Lipinski definition) is 2. The second kappa shape index (κ2) is 5.33. The zero-order chi connectivity index (χ0) is 12.4. The molecule has 2 rings (SSSR count). The van der Waals surface area contributed by atoms with E-state index in [1.807, 2.05) is 19.0 Å². The largest absolute Gasteiger partial charge is 0.391 e. The molecule has 2 heterocycles. The lowest BCUT2D eigenvalue weighted by Crippen LogP contribution is -2.48. The van der Waals surface area contributed by atoms with E-state index < -0.39 is 0 Å². The Kier molecular flexibility index (Phi) is 4.01. The summed E-state index contributed by atoms with van der Waals surface area (Å²) in [5.41, 5.74) is 0. The van der Waals surface area contributed by atoms with Crippen LogP contribution in [0.25, 0.3) is 0 Å². The Bertz CT molecular complexity index is 277. The quantitative estimate of drug-likeness (QED) is 0.683. The number of β-amino-alcohol motifs (C(OH)–C–C–N with tert-alkyl or cyclic N) is 1. The van der Waals surface area contributed by atoms with E-state index in [2.05, 4.69) is 10.2 Å². The maximum atomic E-state index is 12.3. The monoisotopic (exact) mass is 241 g/mol. The Hall–Kier alpha value is -0.650. The van der Waals surface area contributed by atoms with Gasteiger partial charge in [-0.1, -0.05) is 0 Å². The summed E-state index contributed by atoms with van der Waals surface area (Å²) in [5, 5.41) is 13.0. The average Bonchev–Trinajstić information content (AvgIpc) is 2.85. The molecule has 0 aliphatic carbocycles. The van der Waals surface area contributed by atoms with Crippen LogP contribution < -0.4 is 5.32 Å². The minimum Gasteiger partial charge on any atom is -0.391 e. The van der Waals surface area contributed by atoms with Crippen LogP contribution in [-0.2, 0) is 4.79 Å². The summed E-state index contributed by atoms with van der Waals surface area (Å²) in [4.78, 5) is 16.3. The first-order chi connectivity index (χ1) is 8.08. The van der Waals surface area contributed by atoms with Crippen molar-refractivity contribution in [3.63, 3.8) is 0 Å². The van der Waals surface area contributed by atoms with Crippen molar-refractivity contribution in [2.75, 3.05) is 33.7 Å². The van der Waals surface area contributed by atoms with Crippen molar-refractivity contribution < 1.29 is 9.90 Å². The van der Waals surface area contributed by atoms with Crippen molar-refractivity contribution in [1.82, 2.24) is 15.1 Å². The third kappa shape index (κ3) is 2.97. The van der Waals surface area contributed by atoms with Gasteiger partial charge in [0.2, 0.25) is 5.91 Å². The highest BCUT2D eigenvalue weighted by atomic mass is 16.3. The minimum absolute atomic E-state index is 0.0232. The van der Waals surface area contributed by atoms with E-state index in [4.69, 9.17) is 0 Å². The molecular formula is C12H23N3O2. The molecule has 0 bridgehead atoms. The number of likely N-dealkylation sites (N-methyl/N-ethyl adjacent to an activating group) is 1. The molecule has 0 aromatic carbocycles. The van der Waals surface area contributed by atoms with Crippen LogP contribution in [0.3, 0.4) is 0 Å². The number of carbonyl (C=O) groups is 1. The van der Waals surface area contributed by atoms with Crippen molar-refractivity contribution in [1.29, 1.82) is 0 Å². The van der Waals surface area contributed by atoms with Crippen molar-refractivity contribution in [3.8, 4) is 0 Å². The molecule has 1 amide bonds. The Morgan fingerprint density at radius 1 is 1.53 bits per heavy atom. The van der Waals surface area contributed by atoms with Crippen molar-refractivity contribution in [3.05, 3.63) is 0 Å². The van der Waals surface area contributed by atoms with Crippen molar-refractivity contribution in [2.24, 2.45) is 0 Å². The zero-order valence-electron chi connectivity index (χ0n) is 10.7. The topological polar surface area (TPSA) is 55.8 Å². The van der Waals surface area contributed by atoms with Gasteiger partial charge < -0.3 is 20.2 Å². The molecule has 0 saturated carbocycles. The molecule has 2 unspecified atom stereocenters. The molecule has 2 fully saturated rings. The van der Waals surface area contributed by atoms with Crippen LogP contribution in [0.15, 0.2) is 0 Å². The van der Waals surface area contributed by atoms with Crippen LogP contribution in [0.5, 0.6) is 0 Å². The number of carbonyl (C=O) groups excluding carboxylic acids is 1. The lowest BCUT2D eigenvalue weighted by Gasteiger charge is -2.29. The van der Waals surface area contributed by atoms with Gasteiger partial charge in [-0.05, 0) is 39.9 Å². The highest BCUT2D eigenvalue weighted by molar-refractivity contribution is 5.82. The van der Waals surface area contributed by atoms with Gasteiger partial charge in [-0.15, -0.1) is 0 Å². The molecule has 5 heteroatoms. The van der Waals surface area contributed by atoms with E-state index >= 15 is 0 Å². The second-order valence-electron chi connectivity index (χ2n) is 5.45. The summed E-state index contributed by atoms with van der Waals surface area (Å²) in [6.07, 6.45) is 2.35. The number of nitrogens with one attached hydrogen (secondary N) is 1. The van der Waals surface area contributed by atoms with Gasteiger partial charge in [-0.2, -0.15) is 0 Å². The fraction of sp³-hybridized carbons (Fsp3) is 0.917. The first-order valence-corrected chi connectivity index (χ1v) is 6.44. The van der Waals surface area contributed by atoms with Crippen LogP contribution >= 0.6 is 0 Å². The predicted octanol–water partition coefficient (Wildman–Crippen LogP) is -0.738. The number of aliphatic hydroxyl groups excluding tert-OH is 1. The number of amides is 1. The van der Waals surface area contributed by atoms with Gasteiger partial charge in [-0.3, -0.25) is 4.79 Å². The number of rotatable bonds is 3. The molecule has 2 saturated heterocycles. The van der Waals surface area contributed by atoms with E-state index in [0.29, 0.717) is 13.0 Å². The molecule has 0 spiro atoms. The van der Waals surface area contributed by atoms with Crippen LogP contribution in [0.2, 0.25) is 0 Å². The number of aliphatic hydroxyl groups is 1. The van der Waals surface area contributed by atoms with Crippen molar-refractivity contribution in [2.45, 2.75) is 37.5 Å². The standard InChI is InChI=1S/C12H23N3O2/c1-14(2)7-9-6-10(16)8-15(9)12(17)11-4-3-5-13-11/h9-11,13,16H,3-8H2,1-2H3/t9?,10?,11-/m0/s1. The van der Waals surface area contributed by atoms with Gasteiger partial charge in [0.25, 0.3) is 0 Å². The van der Waals surface area contributed by atoms with Crippen molar-refractivity contribution >= 4 is 5.91 Å². The fourth-order valence-corrected chi connectivity index (χ4v) is 2.85. The third-order valence-electron chi connectivity index (χ3n) is 3.61. The molecule has 17 heavy (non-hydrogen) atoms. The molecule has 0 aromatic heterocycles. The first-order valence-electron chi connectivity index (χ1n) is 6.44. The molecule has 5 nitrogen and oxygen atoms in total. The molecule has 2 N–H and O–H groups in total. The molecule has 2 aliphatic heterocycles.